The number of nitrogens with one attached hydrogen (secondary N) is 1. The van der Waals surface area contributed by atoms with Gasteiger partial charge in [0.15, 0.2) is 0 Å². The van der Waals surface area contributed by atoms with Crippen molar-refractivity contribution < 1.29 is 22.7 Å². The summed E-state index contributed by atoms with van der Waals surface area (Å²) in [5, 5.41) is 2.56. The molecule has 2 atom stereocenters. The minimum atomic E-state index is -4.31. The number of hydrogen-bond acceptors (Lipinski definition) is 2. The first-order valence-electron chi connectivity index (χ1n) is 7.40. The summed E-state index contributed by atoms with van der Waals surface area (Å²) in [6.07, 6.45) is -2.06. The molecule has 1 N–H and O–H groups in total. The van der Waals surface area contributed by atoms with Crippen LogP contribution in [0, 0.1) is 17.3 Å². The Morgan fingerprint density at radius 2 is 1.95 bits per heavy atom. The summed E-state index contributed by atoms with van der Waals surface area (Å²) in [4.78, 5) is 12.0. The molecule has 2 unspecified atom stereocenters. The van der Waals surface area contributed by atoms with Crippen LogP contribution in [0.3, 0.4) is 0 Å². The lowest BCUT2D eigenvalue weighted by Gasteiger charge is -2.14. The number of amides is 1. The summed E-state index contributed by atoms with van der Waals surface area (Å²) in [5.74, 6) is -0.771. The Morgan fingerprint density at radius 1 is 1.32 bits per heavy atom. The Balaban J connectivity index is 1.55. The maximum atomic E-state index is 12.6. The molecule has 0 spiro atoms. The van der Waals surface area contributed by atoms with Crippen molar-refractivity contribution in [3.63, 3.8) is 0 Å². The molecule has 0 bridgehead atoms. The zero-order valence-corrected chi connectivity index (χ0v) is 12.2. The molecule has 120 valence electrons. The quantitative estimate of drug-likeness (QED) is 0.892. The monoisotopic (exact) mass is 313 g/mol. The fourth-order valence-electron chi connectivity index (χ4n) is 2.50. The normalized spacial score (nSPS) is 27.4. The second-order valence-corrected chi connectivity index (χ2v) is 6.45. The molecule has 0 aromatic heterocycles. The van der Waals surface area contributed by atoms with Crippen LogP contribution in [0.1, 0.15) is 26.2 Å². The van der Waals surface area contributed by atoms with Gasteiger partial charge in [0.05, 0.1) is 17.9 Å². The summed E-state index contributed by atoms with van der Waals surface area (Å²) in [5.41, 5.74) is -0.864. The fourth-order valence-corrected chi connectivity index (χ4v) is 2.50. The van der Waals surface area contributed by atoms with Gasteiger partial charge in [0.1, 0.15) is 5.75 Å². The number of rotatable bonds is 5. The van der Waals surface area contributed by atoms with E-state index >= 15 is 0 Å². The van der Waals surface area contributed by atoms with Crippen LogP contribution < -0.4 is 10.1 Å². The van der Waals surface area contributed by atoms with E-state index in [4.69, 9.17) is 4.74 Å². The highest BCUT2D eigenvalue weighted by molar-refractivity contribution is 5.97. The van der Waals surface area contributed by atoms with Crippen LogP contribution in [0.4, 0.5) is 18.9 Å². The third-order valence-electron chi connectivity index (χ3n) is 4.45. The lowest BCUT2D eigenvalue weighted by molar-refractivity contribution is -0.159. The van der Waals surface area contributed by atoms with Gasteiger partial charge < -0.3 is 10.1 Å². The van der Waals surface area contributed by atoms with Gasteiger partial charge in [-0.15, -0.1) is 0 Å². The second kappa shape index (κ2) is 5.18. The van der Waals surface area contributed by atoms with Crippen molar-refractivity contribution in [2.24, 2.45) is 17.3 Å². The molecular weight excluding hydrogens is 295 g/mol. The molecule has 2 aliphatic carbocycles. The van der Waals surface area contributed by atoms with E-state index in [0.29, 0.717) is 24.0 Å². The molecule has 3 nitrogen and oxygen atoms in total. The maximum Gasteiger partial charge on any atom is 0.392 e. The SMILES string of the molecule is CC1(C(=O)Nc2ccc(OCC3CC3)cc2)CC1C(F)(F)F. The summed E-state index contributed by atoms with van der Waals surface area (Å²) in [6.45, 7) is 2.05. The Labute approximate surface area is 126 Å². The second-order valence-electron chi connectivity index (χ2n) is 6.45. The van der Waals surface area contributed by atoms with Crippen molar-refractivity contribution >= 4 is 11.6 Å². The minimum absolute atomic E-state index is 0.148. The van der Waals surface area contributed by atoms with Gasteiger partial charge in [-0.2, -0.15) is 13.2 Å². The molecule has 3 rings (SSSR count). The van der Waals surface area contributed by atoms with Crippen LogP contribution in [0.15, 0.2) is 24.3 Å². The lowest BCUT2D eigenvalue weighted by atomic mass is 10.1. The van der Waals surface area contributed by atoms with Crippen LogP contribution >= 0.6 is 0 Å². The van der Waals surface area contributed by atoms with Gasteiger partial charge in [0.2, 0.25) is 5.91 Å². The van der Waals surface area contributed by atoms with Crippen LogP contribution in [0.2, 0.25) is 0 Å². The summed E-state index contributed by atoms with van der Waals surface area (Å²) in [6, 6.07) is 6.73. The van der Waals surface area contributed by atoms with Gasteiger partial charge in [-0.1, -0.05) is 6.92 Å². The fraction of sp³-hybridized carbons (Fsp3) is 0.562. The Morgan fingerprint density at radius 3 is 2.45 bits per heavy atom. The zero-order chi connectivity index (χ0) is 16.0. The number of anilines is 1. The van der Waals surface area contributed by atoms with Crippen LogP contribution in [-0.2, 0) is 4.79 Å². The van der Waals surface area contributed by atoms with Gasteiger partial charge >= 0.3 is 6.18 Å². The largest absolute Gasteiger partial charge is 0.493 e. The highest BCUT2D eigenvalue weighted by Gasteiger charge is 2.67. The van der Waals surface area contributed by atoms with Gasteiger partial charge in [0, 0.05) is 5.69 Å². The molecule has 0 aliphatic heterocycles. The van der Waals surface area contributed by atoms with Crippen LogP contribution in [0.5, 0.6) is 5.75 Å². The van der Waals surface area contributed by atoms with E-state index in [0.717, 1.165) is 0 Å². The molecule has 2 saturated carbocycles. The molecule has 6 heteroatoms. The maximum absolute atomic E-state index is 12.6. The number of ether oxygens (including phenoxy) is 1. The molecule has 2 fully saturated rings. The smallest absolute Gasteiger partial charge is 0.392 e. The van der Waals surface area contributed by atoms with E-state index in [9.17, 15) is 18.0 Å². The van der Waals surface area contributed by atoms with E-state index in [1.807, 2.05) is 0 Å². The number of hydrogen-bond donors (Lipinski definition) is 1. The third-order valence-corrected chi connectivity index (χ3v) is 4.45. The average molecular weight is 313 g/mol. The van der Waals surface area contributed by atoms with E-state index in [1.54, 1.807) is 24.3 Å². The Hall–Kier alpha value is -1.72. The molecule has 22 heavy (non-hydrogen) atoms. The van der Waals surface area contributed by atoms with E-state index in [2.05, 4.69) is 5.32 Å². The molecule has 0 saturated heterocycles. The topological polar surface area (TPSA) is 38.3 Å². The lowest BCUT2D eigenvalue weighted by Crippen LogP contribution is -2.27. The highest BCUT2D eigenvalue weighted by atomic mass is 19.4. The first-order valence-corrected chi connectivity index (χ1v) is 7.40. The van der Waals surface area contributed by atoms with Crippen molar-refractivity contribution in [2.75, 3.05) is 11.9 Å². The van der Waals surface area contributed by atoms with E-state index < -0.39 is 23.4 Å². The first kappa shape index (κ1) is 15.2. The molecule has 1 aromatic rings. The molecule has 2 aliphatic rings. The molecule has 1 amide bonds. The number of carbonyl (C=O) groups is 1. The predicted octanol–water partition coefficient (Wildman–Crippen LogP) is 4.00. The first-order chi connectivity index (χ1) is 10.3. The van der Waals surface area contributed by atoms with Crippen LogP contribution in [0.25, 0.3) is 0 Å². The molecular formula is C16H18F3NO2. The standard InChI is InChI=1S/C16H18F3NO2/c1-15(8-13(15)16(17,18)19)14(21)20-11-4-6-12(7-5-11)22-9-10-2-3-10/h4-7,10,13H,2-3,8-9H2,1H3,(H,20,21). The van der Waals surface area contributed by atoms with Crippen molar-refractivity contribution in [3.8, 4) is 5.75 Å². The average Bonchev–Trinajstić information content (AvgIpc) is 3.33. The van der Waals surface area contributed by atoms with Crippen molar-refractivity contribution in [1.82, 2.24) is 0 Å². The van der Waals surface area contributed by atoms with Gasteiger partial charge in [-0.3, -0.25) is 4.79 Å². The predicted molar refractivity (Wildman–Crippen MR) is 75.6 cm³/mol. The van der Waals surface area contributed by atoms with Crippen molar-refractivity contribution in [2.45, 2.75) is 32.4 Å². The van der Waals surface area contributed by atoms with Crippen LogP contribution in [-0.4, -0.2) is 18.7 Å². The summed E-state index contributed by atoms with van der Waals surface area (Å²) in [7, 11) is 0. The highest BCUT2D eigenvalue weighted by Crippen LogP contribution is 2.60. The number of alkyl halides is 3. The summed E-state index contributed by atoms with van der Waals surface area (Å²) >= 11 is 0. The van der Waals surface area contributed by atoms with E-state index in [-0.39, 0.29) is 6.42 Å². The van der Waals surface area contributed by atoms with E-state index in [1.165, 1.54) is 19.8 Å². The van der Waals surface area contributed by atoms with Gasteiger partial charge in [-0.25, -0.2) is 0 Å². The number of carbonyl (C=O) groups excluding carboxylic acids is 1. The third kappa shape index (κ3) is 3.20. The molecule has 0 radical (unpaired) electrons. The summed E-state index contributed by atoms with van der Waals surface area (Å²) < 4.78 is 43.5. The van der Waals surface area contributed by atoms with Gasteiger partial charge in [0.25, 0.3) is 0 Å². The number of halogens is 3. The number of benzene rings is 1. The molecule has 0 heterocycles. The Bertz CT molecular complexity index is 566. The molecule has 1 aromatic carbocycles. The zero-order valence-electron chi connectivity index (χ0n) is 12.2. The van der Waals surface area contributed by atoms with Gasteiger partial charge in [-0.05, 0) is 49.4 Å². The van der Waals surface area contributed by atoms with Crippen molar-refractivity contribution in [3.05, 3.63) is 24.3 Å². The Kier molecular flexibility index (Phi) is 3.57. The minimum Gasteiger partial charge on any atom is -0.493 e. The van der Waals surface area contributed by atoms with Crippen molar-refractivity contribution in [1.29, 1.82) is 0 Å².